The van der Waals surface area contributed by atoms with E-state index in [2.05, 4.69) is 54.5 Å². The molecule has 0 heterocycles. The van der Waals surface area contributed by atoms with Gasteiger partial charge in [0.15, 0.2) is 0 Å². The third-order valence-corrected chi connectivity index (χ3v) is 12.1. The van der Waals surface area contributed by atoms with Gasteiger partial charge in [-0.15, -0.1) is 0 Å². The summed E-state index contributed by atoms with van der Waals surface area (Å²) in [7, 11) is 1.86. The standard InChI is InChI=1S/C30H52O.C6H14/c1-21(2)8-7-9-22(3)26-12-13-27-25-11-10-24-20-23(16-19-31-6)14-17-29(24,4)28(25)15-18-30(26,27)5;1-3-5-6-4-2/h10,21-23,25-28H,7-9,11-20H2,1-6H3;3-6H2,1-2H3. The van der Waals surface area contributed by atoms with Gasteiger partial charge in [0.1, 0.15) is 0 Å². The minimum Gasteiger partial charge on any atom is -0.385 e. The topological polar surface area (TPSA) is 9.23 Å². The molecule has 3 fully saturated rings. The van der Waals surface area contributed by atoms with Gasteiger partial charge in [-0.25, -0.2) is 0 Å². The maximum Gasteiger partial charge on any atom is 0.0465 e. The van der Waals surface area contributed by atoms with Crippen molar-refractivity contribution >= 4 is 0 Å². The minimum atomic E-state index is 0.509. The summed E-state index contributed by atoms with van der Waals surface area (Å²) in [6.07, 6.45) is 25.5. The van der Waals surface area contributed by atoms with E-state index in [0.29, 0.717) is 10.8 Å². The van der Waals surface area contributed by atoms with Crippen LogP contribution in [0.2, 0.25) is 0 Å². The molecule has 8 atom stereocenters. The number of hydrogen-bond donors (Lipinski definition) is 0. The number of ether oxygens (including phenoxy) is 1. The van der Waals surface area contributed by atoms with Crippen molar-refractivity contribution in [2.24, 2.45) is 52.3 Å². The van der Waals surface area contributed by atoms with Gasteiger partial charge < -0.3 is 4.74 Å². The molecule has 3 saturated carbocycles. The van der Waals surface area contributed by atoms with E-state index >= 15 is 0 Å². The van der Waals surface area contributed by atoms with Crippen LogP contribution in [0.25, 0.3) is 0 Å². The molecule has 1 nitrogen and oxygen atoms in total. The molecule has 4 rings (SSSR count). The van der Waals surface area contributed by atoms with E-state index < -0.39 is 0 Å². The van der Waals surface area contributed by atoms with Gasteiger partial charge in [0.2, 0.25) is 0 Å². The average Bonchev–Trinajstić information content (AvgIpc) is 3.23. The molecule has 216 valence electrons. The summed E-state index contributed by atoms with van der Waals surface area (Å²) in [6, 6.07) is 0. The Balaban J connectivity index is 0.000000568. The largest absolute Gasteiger partial charge is 0.385 e. The Morgan fingerprint density at radius 1 is 0.892 bits per heavy atom. The van der Waals surface area contributed by atoms with Crippen LogP contribution in [0.4, 0.5) is 0 Å². The Morgan fingerprint density at radius 3 is 2.27 bits per heavy atom. The van der Waals surface area contributed by atoms with Crippen molar-refractivity contribution in [1.82, 2.24) is 0 Å². The monoisotopic (exact) mass is 515 g/mol. The van der Waals surface area contributed by atoms with Gasteiger partial charge in [-0.05, 0) is 110 Å². The fraction of sp³-hybridized carbons (Fsp3) is 0.944. The van der Waals surface area contributed by atoms with E-state index in [-0.39, 0.29) is 0 Å². The number of methoxy groups -OCH3 is 1. The summed E-state index contributed by atoms with van der Waals surface area (Å²) in [5, 5.41) is 0. The third-order valence-electron chi connectivity index (χ3n) is 12.1. The van der Waals surface area contributed by atoms with E-state index in [9.17, 15) is 0 Å². The minimum absolute atomic E-state index is 0.509. The van der Waals surface area contributed by atoms with E-state index in [1.54, 1.807) is 0 Å². The lowest BCUT2D eigenvalue weighted by Crippen LogP contribution is -2.50. The second kappa shape index (κ2) is 14.4. The smallest absolute Gasteiger partial charge is 0.0465 e. The van der Waals surface area contributed by atoms with Crippen molar-refractivity contribution in [3.8, 4) is 0 Å². The fourth-order valence-electron chi connectivity index (χ4n) is 9.79. The molecule has 0 amide bonds. The van der Waals surface area contributed by atoms with Crippen molar-refractivity contribution < 1.29 is 4.74 Å². The van der Waals surface area contributed by atoms with Crippen LogP contribution in [0.5, 0.6) is 0 Å². The van der Waals surface area contributed by atoms with Gasteiger partial charge in [0, 0.05) is 13.7 Å². The van der Waals surface area contributed by atoms with Crippen molar-refractivity contribution in [1.29, 1.82) is 0 Å². The van der Waals surface area contributed by atoms with Gasteiger partial charge in [-0.3, -0.25) is 0 Å². The van der Waals surface area contributed by atoms with Crippen LogP contribution >= 0.6 is 0 Å². The zero-order chi connectivity index (χ0) is 27.1. The highest BCUT2D eigenvalue weighted by molar-refractivity contribution is 5.25. The summed E-state index contributed by atoms with van der Waals surface area (Å²) in [5.74, 6) is 6.56. The van der Waals surface area contributed by atoms with Crippen molar-refractivity contribution in [3.63, 3.8) is 0 Å². The third kappa shape index (κ3) is 7.27. The van der Waals surface area contributed by atoms with Crippen LogP contribution in [-0.2, 0) is 4.74 Å². The summed E-state index contributed by atoms with van der Waals surface area (Å²) in [6.45, 7) is 18.2. The van der Waals surface area contributed by atoms with Gasteiger partial charge >= 0.3 is 0 Å². The Bertz CT molecular complexity index is 689. The first-order valence-corrected chi connectivity index (χ1v) is 16.9. The molecule has 0 aromatic carbocycles. The predicted molar refractivity (Wildman–Crippen MR) is 163 cm³/mol. The van der Waals surface area contributed by atoms with E-state index in [4.69, 9.17) is 4.74 Å². The summed E-state index contributed by atoms with van der Waals surface area (Å²) in [4.78, 5) is 0. The van der Waals surface area contributed by atoms with E-state index in [1.807, 2.05) is 12.7 Å². The zero-order valence-electron chi connectivity index (χ0n) is 26.5. The molecule has 0 spiro atoms. The van der Waals surface area contributed by atoms with Gasteiger partial charge in [0.05, 0.1) is 0 Å². The summed E-state index contributed by atoms with van der Waals surface area (Å²) >= 11 is 0. The molecule has 8 unspecified atom stereocenters. The lowest BCUT2D eigenvalue weighted by Gasteiger charge is -2.58. The molecule has 0 bridgehead atoms. The number of hydrogen-bond acceptors (Lipinski definition) is 1. The Labute approximate surface area is 233 Å². The van der Waals surface area contributed by atoms with Crippen LogP contribution in [0.1, 0.15) is 151 Å². The molecular formula is C36H66O. The molecule has 0 radical (unpaired) electrons. The van der Waals surface area contributed by atoms with Crippen LogP contribution in [0.15, 0.2) is 11.6 Å². The van der Waals surface area contributed by atoms with E-state index in [1.165, 1.54) is 103 Å². The molecule has 0 saturated heterocycles. The first kappa shape index (κ1) is 31.2. The lowest BCUT2D eigenvalue weighted by atomic mass is 9.46. The highest BCUT2D eigenvalue weighted by Gasteiger charge is 2.59. The first-order chi connectivity index (χ1) is 17.7. The van der Waals surface area contributed by atoms with Crippen LogP contribution in [-0.4, -0.2) is 13.7 Å². The van der Waals surface area contributed by atoms with Crippen molar-refractivity contribution in [2.45, 2.75) is 151 Å². The molecule has 0 aromatic heterocycles. The number of rotatable bonds is 11. The maximum absolute atomic E-state index is 5.40. The fourth-order valence-corrected chi connectivity index (χ4v) is 9.79. The highest BCUT2D eigenvalue weighted by atomic mass is 16.5. The Kier molecular flexibility index (Phi) is 12.1. The SMILES string of the molecule is CCCCCC.COCCC1CCC2(C)C(=CCC3C2CCC2(C)C(C(C)CCCC(C)C)CCC32)C1. The Morgan fingerprint density at radius 2 is 1.62 bits per heavy atom. The lowest BCUT2D eigenvalue weighted by molar-refractivity contribution is -0.0533. The zero-order valence-corrected chi connectivity index (χ0v) is 26.5. The average molecular weight is 515 g/mol. The second-order valence-corrected chi connectivity index (χ2v) is 14.9. The number of allylic oxidation sites excluding steroid dienone is 2. The van der Waals surface area contributed by atoms with Crippen molar-refractivity contribution in [3.05, 3.63) is 11.6 Å². The highest BCUT2D eigenvalue weighted by Crippen LogP contribution is 2.67. The quantitative estimate of drug-likeness (QED) is 0.197. The van der Waals surface area contributed by atoms with Crippen LogP contribution < -0.4 is 0 Å². The van der Waals surface area contributed by atoms with Crippen LogP contribution in [0, 0.1) is 52.3 Å². The molecule has 1 heteroatoms. The number of fused-ring (bicyclic) bond motifs is 5. The van der Waals surface area contributed by atoms with E-state index in [0.717, 1.165) is 48.0 Å². The normalized spacial score (nSPS) is 37.6. The summed E-state index contributed by atoms with van der Waals surface area (Å²) in [5.41, 5.74) is 2.98. The molecule has 0 N–H and O–H groups in total. The second-order valence-electron chi connectivity index (χ2n) is 14.9. The molecular weight excluding hydrogens is 448 g/mol. The van der Waals surface area contributed by atoms with Gasteiger partial charge in [-0.1, -0.05) is 105 Å². The molecule has 4 aliphatic carbocycles. The first-order valence-electron chi connectivity index (χ1n) is 16.9. The van der Waals surface area contributed by atoms with Crippen molar-refractivity contribution in [2.75, 3.05) is 13.7 Å². The van der Waals surface area contributed by atoms with Gasteiger partial charge in [0.25, 0.3) is 0 Å². The molecule has 37 heavy (non-hydrogen) atoms. The summed E-state index contributed by atoms with van der Waals surface area (Å²) < 4.78 is 5.40. The van der Waals surface area contributed by atoms with Crippen LogP contribution in [0.3, 0.4) is 0 Å². The molecule has 0 aromatic rings. The predicted octanol–water partition coefficient (Wildman–Crippen LogP) is 11.3. The Hall–Kier alpha value is -0.300. The maximum atomic E-state index is 5.40. The molecule has 4 aliphatic rings. The molecule has 0 aliphatic heterocycles. The van der Waals surface area contributed by atoms with Gasteiger partial charge in [-0.2, -0.15) is 0 Å². The number of unbranched alkanes of at least 4 members (excludes halogenated alkanes) is 3.